The molecule has 0 N–H and O–H groups in total. The van der Waals surface area contributed by atoms with Gasteiger partial charge in [-0.05, 0) is 60.6 Å². The molecule has 31 heavy (non-hydrogen) atoms. The van der Waals surface area contributed by atoms with Crippen LogP contribution in [0.4, 0.5) is 0 Å². The van der Waals surface area contributed by atoms with E-state index in [2.05, 4.69) is 13.8 Å². The first-order valence-corrected chi connectivity index (χ1v) is 13.0. The minimum Gasteiger partial charge on any atom is -0.299 e. The highest BCUT2D eigenvalue weighted by Crippen LogP contribution is 2.64. The number of rotatable bonds is 3. The predicted molar refractivity (Wildman–Crippen MR) is 124 cm³/mol. The van der Waals surface area contributed by atoms with E-state index >= 15 is 0 Å². The second kappa shape index (κ2) is 7.52. The zero-order chi connectivity index (χ0) is 22.0. The maximum Gasteiger partial charge on any atom is 0.178 e. The van der Waals surface area contributed by atoms with Crippen molar-refractivity contribution in [3.8, 4) is 0 Å². The van der Waals surface area contributed by atoms with Gasteiger partial charge in [0.15, 0.2) is 5.78 Å². The number of fused-ring (bicyclic) bond motifs is 5. The summed E-state index contributed by atoms with van der Waals surface area (Å²) in [6, 6.07) is 9.64. The van der Waals surface area contributed by atoms with Crippen LogP contribution in [-0.2, 0) is 20.4 Å². The van der Waals surface area contributed by atoms with Crippen LogP contribution < -0.4 is 0 Å². The van der Waals surface area contributed by atoms with E-state index in [0.717, 1.165) is 36.8 Å². The molecule has 1 aromatic carbocycles. The van der Waals surface area contributed by atoms with Crippen molar-refractivity contribution in [2.24, 2.45) is 28.6 Å². The van der Waals surface area contributed by atoms with Gasteiger partial charge in [0.25, 0.3) is 0 Å². The minimum absolute atomic E-state index is 0.0319. The standard InChI is InChI=1S/C26H29ClO3S/c1-25-13-12-18(28)14-17(25)8-9-19-20-10-11-22(26(20,2)15-21(29)23(19)25)31(30)24(27)16-6-4-3-5-7-16/h3-7,12-14,19-20,22-24H,8-11,15H2,1-2H3/t19?,20?,22-,23?,24?,25+,26+,31?/m1/s1. The molecule has 3 fully saturated rings. The second-order valence-electron chi connectivity index (χ2n) is 10.2. The number of carbonyl (C=O) groups is 2. The Bertz CT molecular complexity index is 1010. The molecule has 0 aromatic heterocycles. The highest BCUT2D eigenvalue weighted by atomic mass is 35.5. The third-order valence-corrected chi connectivity index (χ3v) is 11.5. The Kier molecular flexibility index (Phi) is 5.17. The lowest BCUT2D eigenvalue weighted by Gasteiger charge is -2.55. The summed E-state index contributed by atoms with van der Waals surface area (Å²) in [5.74, 6) is 0.866. The molecule has 3 saturated carbocycles. The molecule has 0 radical (unpaired) electrons. The molecule has 0 heterocycles. The fourth-order valence-corrected chi connectivity index (χ4v) is 9.64. The molecule has 0 bridgehead atoms. The lowest BCUT2D eigenvalue weighted by Crippen LogP contribution is -2.55. The van der Waals surface area contributed by atoms with Crippen molar-refractivity contribution in [2.45, 2.75) is 55.9 Å². The number of hydrogen-bond acceptors (Lipinski definition) is 3. The zero-order valence-electron chi connectivity index (χ0n) is 18.1. The van der Waals surface area contributed by atoms with Crippen molar-refractivity contribution in [1.82, 2.24) is 0 Å². The Morgan fingerprint density at radius 3 is 2.58 bits per heavy atom. The Morgan fingerprint density at radius 2 is 1.84 bits per heavy atom. The molecule has 8 atom stereocenters. The van der Waals surface area contributed by atoms with Gasteiger partial charge in [-0.15, -0.1) is 11.6 Å². The van der Waals surface area contributed by atoms with Gasteiger partial charge in [-0.3, -0.25) is 13.8 Å². The van der Waals surface area contributed by atoms with Gasteiger partial charge in [-0.2, -0.15) is 0 Å². The third kappa shape index (κ3) is 3.16. The van der Waals surface area contributed by atoms with Gasteiger partial charge in [-0.25, -0.2) is 0 Å². The fourth-order valence-electron chi connectivity index (χ4n) is 7.25. The van der Waals surface area contributed by atoms with Crippen molar-refractivity contribution in [1.29, 1.82) is 0 Å². The normalized spacial score (nSPS) is 41.1. The number of allylic oxidation sites excluding steroid dienone is 4. The molecular formula is C26H29ClO3S. The number of benzene rings is 1. The van der Waals surface area contributed by atoms with Crippen LogP contribution in [0, 0.1) is 28.6 Å². The first-order chi connectivity index (χ1) is 14.8. The van der Waals surface area contributed by atoms with Crippen LogP contribution >= 0.6 is 11.6 Å². The summed E-state index contributed by atoms with van der Waals surface area (Å²) in [5, 5.41) is -0.0710. The summed E-state index contributed by atoms with van der Waals surface area (Å²) in [6.07, 6.45) is 9.48. The lowest BCUT2D eigenvalue weighted by molar-refractivity contribution is -0.140. The number of hydrogen-bond donors (Lipinski definition) is 0. The first kappa shape index (κ1) is 21.3. The second-order valence-corrected chi connectivity index (χ2v) is 12.6. The maximum absolute atomic E-state index is 13.6. The SMILES string of the molecule is C[C@]12C=CC(=O)C=C1CCC1C2C(=O)C[C@@]2(C)C1CC[C@H]2S(=O)C(Cl)c1ccccc1. The molecule has 0 spiro atoms. The molecule has 0 amide bonds. The number of halogens is 1. The third-order valence-electron chi connectivity index (χ3n) is 8.71. The van der Waals surface area contributed by atoms with Crippen molar-refractivity contribution in [3.05, 3.63) is 59.7 Å². The summed E-state index contributed by atoms with van der Waals surface area (Å²) < 4.78 is 13.1. The molecule has 5 unspecified atom stereocenters. The summed E-state index contributed by atoms with van der Waals surface area (Å²) in [4.78, 5) is 25.6. The van der Waals surface area contributed by atoms with E-state index in [1.54, 1.807) is 12.2 Å². The number of ketones is 2. The van der Waals surface area contributed by atoms with Crippen molar-refractivity contribution in [3.63, 3.8) is 0 Å². The van der Waals surface area contributed by atoms with E-state index in [-0.39, 0.29) is 39.5 Å². The van der Waals surface area contributed by atoms with Crippen molar-refractivity contribution < 1.29 is 13.8 Å². The number of alkyl halides is 1. The zero-order valence-corrected chi connectivity index (χ0v) is 19.6. The molecule has 5 rings (SSSR count). The van der Waals surface area contributed by atoms with Crippen molar-refractivity contribution in [2.75, 3.05) is 0 Å². The quantitative estimate of drug-likeness (QED) is 0.562. The van der Waals surface area contributed by atoms with Crippen LogP contribution in [-0.4, -0.2) is 21.0 Å². The molecule has 3 nitrogen and oxygen atoms in total. The average molecular weight is 457 g/mol. The largest absolute Gasteiger partial charge is 0.299 e. The highest BCUT2D eigenvalue weighted by Gasteiger charge is 2.63. The molecule has 5 heteroatoms. The first-order valence-electron chi connectivity index (χ1n) is 11.3. The van der Waals surface area contributed by atoms with E-state index in [1.165, 1.54) is 0 Å². The Hall–Kier alpha value is -1.52. The lowest BCUT2D eigenvalue weighted by atomic mass is 9.48. The summed E-state index contributed by atoms with van der Waals surface area (Å²) in [7, 11) is -1.26. The van der Waals surface area contributed by atoms with Gasteiger partial charge in [0, 0.05) is 33.8 Å². The van der Waals surface area contributed by atoms with E-state index in [1.807, 2.05) is 36.4 Å². The predicted octanol–water partition coefficient (Wildman–Crippen LogP) is 5.53. The van der Waals surface area contributed by atoms with Crippen LogP contribution in [0.1, 0.15) is 56.2 Å². The summed E-state index contributed by atoms with van der Waals surface area (Å²) in [6.45, 7) is 4.32. The van der Waals surface area contributed by atoms with Gasteiger partial charge in [0.2, 0.25) is 0 Å². The molecule has 4 aliphatic rings. The van der Waals surface area contributed by atoms with Crippen LogP contribution in [0.2, 0.25) is 0 Å². The molecule has 1 aromatic rings. The molecular weight excluding hydrogens is 428 g/mol. The molecule has 0 saturated heterocycles. The maximum atomic E-state index is 13.6. The Balaban J connectivity index is 1.45. The number of Topliss-reactive ketones (excluding diaryl/α,β-unsaturated/α-hetero) is 1. The Labute approximate surface area is 191 Å². The van der Waals surface area contributed by atoms with Crippen LogP contribution in [0.25, 0.3) is 0 Å². The number of carbonyl (C=O) groups excluding carboxylic acids is 2. The molecule has 4 aliphatic carbocycles. The van der Waals surface area contributed by atoms with E-state index < -0.39 is 15.5 Å². The van der Waals surface area contributed by atoms with Crippen LogP contribution in [0.15, 0.2) is 54.1 Å². The minimum atomic E-state index is -1.26. The van der Waals surface area contributed by atoms with E-state index in [0.29, 0.717) is 12.3 Å². The molecule has 0 aliphatic heterocycles. The van der Waals surface area contributed by atoms with E-state index in [4.69, 9.17) is 11.6 Å². The monoisotopic (exact) mass is 456 g/mol. The summed E-state index contributed by atoms with van der Waals surface area (Å²) >= 11 is 6.70. The van der Waals surface area contributed by atoms with Gasteiger partial charge in [-0.1, -0.05) is 55.8 Å². The smallest absolute Gasteiger partial charge is 0.178 e. The summed E-state index contributed by atoms with van der Waals surface area (Å²) in [5.41, 5.74) is 1.36. The molecule has 164 valence electrons. The van der Waals surface area contributed by atoms with Crippen molar-refractivity contribution >= 4 is 34.0 Å². The highest BCUT2D eigenvalue weighted by molar-refractivity contribution is 7.87. The topological polar surface area (TPSA) is 51.2 Å². The fraction of sp³-hybridized carbons (Fsp3) is 0.538. The van der Waals surface area contributed by atoms with Crippen LogP contribution in [0.5, 0.6) is 0 Å². The van der Waals surface area contributed by atoms with Gasteiger partial charge < -0.3 is 0 Å². The van der Waals surface area contributed by atoms with Crippen LogP contribution in [0.3, 0.4) is 0 Å². The van der Waals surface area contributed by atoms with Gasteiger partial charge in [0.1, 0.15) is 10.5 Å². The van der Waals surface area contributed by atoms with Gasteiger partial charge >= 0.3 is 0 Å². The van der Waals surface area contributed by atoms with E-state index in [9.17, 15) is 13.8 Å². The Morgan fingerprint density at radius 1 is 1.10 bits per heavy atom. The average Bonchev–Trinajstić information content (AvgIpc) is 3.10. The van der Waals surface area contributed by atoms with Gasteiger partial charge in [0.05, 0.1) is 0 Å².